The summed E-state index contributed by atoms with van der Waals surface area (Å²) in [6.07, 6.45) is 0. The molecule has 0 saturated carbocycles. The molecule has 182 valence electrons. The van der Waals surface area contributed by atoms with Crippen LogP contribution in [0.15, 0.2) is 66.7 Å². The summed E-state index contributed by atoms with van der Waals surface area (Å²) in [5, 5.41) is 6.59. The minimum atomic E-state index is -0.116. The largest absolute Gasteiger partial charge is 0.378 e. The van der Waals surface area contributed by atoms with Gasteiger partial charge in [-0.05, 0) is 61.0 Å². The number of anilines is 5. The lowest BCUT2D eigenvalue weighted by Crippen LogP contribution is -2.36. The van der Waals surface area contributed by atoms with Crippen molar-refractivity contribution in [1.82, 2.24) is 0 Å². The van der Waals surface area contributed by atoms with Gasteiger partial charge in [-0.1, -0.05) is 18.2 Å². The first-order valence-corrected chi connectivity index (χ1v) is 12.2. The van der Waals surface area contributed by atoms with Gasteiger partial charge < -0.3 is 29.9 Å². The third kappa shape index (κ3) is 5.75. The summed E-state index contributed by atoms with van der Waals surface area (Å²) in [5.74, 6) is -0.116. The highest BCUT2D eigenvalue weighted by molar-refractivity contribution is 6.05. The lowest BCUT2D eigenvalue weighted by molar-refractivity contribution is 0.102. The van der Waals surface area contributed by atoms with Gasteiger partial charge in [0, 0.05) is 60.2 Å². The first-order chi connectivity index (χ1) is 17.2. The van der Waals surface area contributed by atoms with E-state index >= 15 is 0 Å². The van der Waals surface area contributed by atoms with Crippen molar-refractivity contribution in [3.05, 3.63) is 77.9 Å². The van der Waals surface area contributed by atoms with Gasteiger partial charge in [-0.25, -0.2) is 0 Å². The predicted molar refractivity (Wildman–Crippen MR) is 141 cm³/mol. The maximum Gasteiger partial charge on any atom is 0.255 e. The maximum atomic E-state index is 13.1. The number of rotatable bonds is 6. The molecule has 0 atom stereocenters. The Bertz CT molecular complexity index is 1170. The summed E-state index contributed by atoms with van der Waals surface area (Å²) in [6.45, 7) is 8.42. The summed E-state index contributed by atoms with van der Waals surface area (Å²) >= 11 is 0. The molecular formula is C28H32N4O3. The van der Waals surface area contributed by atoms with E-state index in [1.165, 1.54) is 5.69 Å². The summed E-state index contributed by atoms with van der Waals surface area (Å²) in [7, 11) is 0. The van der Waals surface area contributed by atoms with Gasteiger partial charge in [0.15, 0.2) is 0 Å². The first-order valence-electron chi connectivity index (χ1n) is 12.2. The summed E-state index contributed by atoms with van der Waals surface area (Å²) in [4.78, 5) is 17.7. The minimum absolute atomic E-state index is 0.116. The molecule has 0 unspecified atom stereocenters. The fourth-order valence-corrected chi connectivity index (χ4v) is 4.46. The Morgan fingerprint density at radius 3 is 2.03 bits per heavy atom. The van der Waals surface area contributed by atoms with Gasteiger partial charge in [-0.15, -0.1) is 0 Å². The third-order valence-corrected chi connectivity index (χ3v) is 6.48. The van der Waals surface area contributed by atoms with Crippen molar-refractivity contribution in [3.63, 3.8) is 0 Å². The van der Waals surface area contributed by atoms with E-state index in [-0.39, 0.29) is 5.91 Å². The number of carbonyl (C=O) groups is 1. The molecule has 2 aliphatic rings. The van der Waals surface area contributed by atoms with Gasteiger partial charge in [0.2, 0.25) is 0 Å². The van der Waals surface area contributed by atoms with Gasteiger partial charge in [-0.2, -0.15) is 0 Å². The van der Waals surface area contributed by atoms with Crippen LogP contribution in [-0.4, -0.2) is 58.5 Å². The van der Waals surface area contributed by atoms with Crippen LogP contribution in [0.4, 0.5) is 28.4 Å². The summed E-state index contributed by atoms with van der Waals surface area (Å²) in [5.41, 5.74) is 6.61. The number of morpholine rings is 2. The smallest absolute Gasteiger partial charge is 0.255 e. The number of carbonyl (C=O) groups excluding carboxylic acids is 1. The van der Waals surface area contributed by atoms with Crippen LogP contribution in [0.25, 0.3) is 0 Å². The molecule has 7 heteroatoms. The zero-order valence-electron chi connectivity index (χ0n) is 20.1. The molecule has 0 aliphatic carbocycles. The summed E-state index contributed by atoms with van der Waals surface area (Å²) < 4.78 is 10.9. The molecule has 3 aromatic carbocycles. The minimum Gasteiger partial charge on any atom is -0.378 e. The van der Waals surface area contributed by atoms with E-state index in [1.807, 2.05) is 49.4 Å². The van der Waals surface area contributed by atoms with E-state index in [4.69, 9.17) is 9.47 Å². The molecule has 0 bridgehead atoms. The number of ether oxygens (including phenoxy) is 2. The molecule has 0 spiro atoms. The molecule has 2 N–H and O–H groups in total. The normalized spacial score (nSPS) is 16.1. The second-order valence-corrected chi connectivity index (χ2v) is 8.91. The predicted octanol–water partition coefficient (Wildman–Crippen LogP) is 4.66. The Labute approximate surface area is 206 Å². The van der Waals surface area contributed by atoms with Crippen LogP contribution in [0, 0.1) is 6.92 Å². The molecule has 5 rings (SSSR count). The van der Waals surface area contributed by atoms with Crippen LogP contribution in [0.1, 0.15) is 15.9 Å². The Morgan fingerprint density at radius 1 is 0.743 bits per heavy atom. The van der Waals surface area contributed by atoms with Gasteiger partial charge in [0.05, 0.1) is 26.4 Å². The van der Waals surface area contributed by atoms with E-state index in [2.05, 4.69) is 44.7 Å². The van der Waals surface area contributed by atoms with E-state index < -0.39 is 0 Å². The molecule has 0 aromatic heterocycles. The van der Waals surface area contributed by atoms with Crippen molar-refractivity contribution in [2.45, 2.75) is 6.92 Å². The Hall–Kier alpha value is -3.55. The third-order valence-electron chi connectivity index (χ3n) is 6.48. The van der Waals surface area contributed by atoms with Crippen LogP contribution in [0.3, 0.4) is 0 Å². The number of benzene rings is 3. The van der Waals surface area contributed by atoms with E-state index in [9.17, 15) is 4.79 Å². The van der Waals surface area contributed by atoms with Crippen LogP contribution < -0.4 is 20.4 Å². The number of nitrogens with zero attached hydrogens (tertiary/aromatic N) is 2. The number of nitrogens with one attached hydrogen (secondary N) is 2. The van der Waals surface area contributed by atoms with Crippen molar-refractivity contribution in [3.8, 4) is 0 Å². The molecule has 2 heterocycles. The highest BCUT2D eigenvalue weighted by Crippen LogP contribution is 2.27. The van der Waals surface area contributed by atoms with Crippen molar-refractivity contribution in [1.29, 1.82) is 0 Å². The molecule has 2 aliphatic heterocycles. The topological polar surface area (TPSA) is 66.1 Å². The Kier molecular flexibility index (Phi) is 7.16. The number of hydrogen-bond acceptors (Lipinski definition) is 6. The lowest BCUT2D eigenvalue weighted by atomic mass is 10.1. The fourth-order valence-electron chi connectivity index (χ4n) is 4.46. The second kappa shape index (κ2) is 10.8. The monoisotopic (exact) mass is 472 g/mol. The molecule has 35 heavy (non-hydrogen) atoms. The SMILES string of the molecule is Cc1ccc(Nc2cccc(N3CCOCC3)c2)cc1NC(=O)c1cccc(N2CCOCC2)c1. The van der Waals surface area contributed by atoms with Crippen LogP contribution in [0.2, 0.25) is 0 Å². The zero-order valence-corrected chi connectivity index (χ0v) is 20.1. The molecule has 1 amide bonds. The zero-order chi connectivity index (χ0) is 24.0. The molecule has 3 aromatic rings. The Balaban J connectivity index is 1.29. The Morgan fingerprint density at radius 2 is 1.34 bits per heavy atom. The number of hydrogen-bond donors (Lipinski definition) is 2. The second-order valence-electron chi connectivity index (χ2n) is 8.91. The van der Waals surface area contributed by atoms with E-state index in [0.717, 1.165) is 67.7 Å². The average molecular weight is 473 g/mol. The molecule has 0 radical (unpaired) electrons. The summed E-state index contributed by atoms with van der Waals surface area (Å²) in [6, 6.07) is 22.2. The number of aryl methyl sites for hydroxylation is 1. The van der Waals surface area contributed by atoms with Gasteiger partial charge in [0.1, 0.15) is 0 Å². The molecule has 2 saturated heterocycles. The van der Waals surface area contributed by atoms with E-state index in [1.54, 1.807) is 0 Å². The molecular weight excluding hydrogens is 440 g/mol. The van der Waals surface area contributed by atoms with Gasteiger partial charge >= 0.3 is 0 Å². The number of amides is 1. The van der Waals surface area contributed by atoms with E-state index in [0.29, 0.717) is 18.8 Å². The standard InChI is InChI=1S/C28H32N4O3/c1-21-8-9-24(29-23-5-3-7-26(19-23)32-12-16-35-17-13-32)20-27(21)30-28(33)22-4-2-6-25(18-22)31-10-14-34-15-11-31/h2-9,18-20,29H,10-17H2,1H3,(H,30,33). The van der Waals surface area contributed by atoms with Gasteiger partial charge in [0.25, 0.3) is 5.91 Å². The lowest BCUT2D eigenvalue weighted by Gasteiger charge is -2.29. The first kappa shape index (κ1) is 23.2. The quantitative estimate of drug-likeness (QED) is 0.544. The fraction of sp³-hybridized carbons (Fsp3) is 0.321. The van der Waals surface area contributed by atoms with Crippen molar-refractivity contribution in [2.24, 2.45) is 0 Å². The van der Waals surface area contributed by atoms with Crippen LogP contribution >= 0.6 is 0 Å². The van der Waals surface area contributed by atoms with Crippen LogP contribution in [0.5, 0.6) is 0 Å². The molecule has 7 nitrogen and oxygen atoms in total. The van der Waals surface area contributed by atoms with Crippen molar-refractivity contribution in [2.75, 3.05) is 73.0 Å². The van der Waals surface area contributed by atoms with Crippen LogP contribution in [-0.2, 0) is 9.47 Å². The maximum absolute atomic E-state index is 13.1. The van der Waals surface area contributed by atoms with Gasteiger partial charge in [-0.3, -0.25) is 4.79 Å². The average Bonchev–Trinajstić information content (AvgIpc) is 2.92. The van der Waals surface area contributed by atoms with Crippen molar-refractivity contribution < 1.29 is 14.3 Å². The molecule has 2 fully saturated rings. The van der Waals surface area contributed by atoms with Crippen molar-refractivity contribution >= 4 is 34.3 Å². The highest BCUT2D eigenvalue weighted by atomic mass is 16.5. The highest BCUT2D eigenvalue weighted by Gasteiger charge is 2.15.